The Kier molecular flexibility index (Phi) is 4.47. The zero-order chi connectivity index (χ0) is 20.0. The molecule has 0 fully saturated rings. The lowest BCUT2D eigenvalue weighted by Crippen LogP contribution is -2.34. The van der Waals surface area contributed by atoms with Crippen LogP contribution in [-0.4, -0.2) is 17.3 Å². The third-order valence-electron chi connectivity index (χ3n) is 5.28. The maximum absolute atomic E-state index is 6.53. The van der Waals surface area contributed by atoms with Crippen LogP contribution in [0.1, 0.15) is 48.3 Å². The minimum absolute atomic E-state index is 0.0147. The monoisotopic (exact) mass is 408 g/mol. The van der Waals surface area contributed by atoms with Gasteiger partial charge in [0.25, 0.3) is 0 Å². The van der Waals surface area contributed by atoms with E-state index in [1.807, 2.05) is 67.4 Å². The number of halogens is 1. The summed E-state index contributed by atoms with van der Waals surface area (Å²) in [5.41, 5.74) is 2.83. The predicted octanol–water partition coefficient (Wildman–Crippen LogP) is 5.88. The van der Waals surface area contributed by atoms with E-state index in [4.69, 9.17) is 30.6 Å². The summed E-state index contributed by atoms with van der Waals surface area (Å²) in [4.78, 5) is 0. The van der Waals surface area contributed by atoms with Crippen LogP contribution < -0.4 is 9.47 Å². The summed E-state index contributed by atoms with van der Waals surface area (Å²) < 4.78 is 18.2. The molecule has 0 aliphatic carbocycles. The molecule has 3 aromatic rings. The third-order valence-corrected chi connectivity index (χ3v) is 5.62. The molecule has 0 saturated heterocycles. The Balaban J connectivity index is 1.63. The lowest BCUT2D eigenvalue weighted by molar-refractivity contribution is -0.0211. The van der Waals surface area contributed by atoms with Crippen molar-refractivity contribution in [2.45, 2.75) is 32.5 Å². The Hall–Kier alpha value is -2.92. The van der Waals surface area contributed by atoms with E-state index in [-0.39, 0.29) is 6.04 Å². The number of benzene rings is 2. The number of ether oxygens (including phenoxy) is 2. The topological polar surface area (TPSA) is 47.2 Å². The van der Waals surface area contributed by atoms with Gasteiger partial charge in [-0.25, -0.2) is 5.01 Å². The SMILES string of the molecule is CCOc1cccc2c1O[C@@H](c1ccccc1Cl)N1N=C(c3ccc(C)o3)C[C@@H]21. The fourth-order valence-electron chi connectivity index (χ4n) is 3.97. The second kappa shape index (κ2) is 7.16. The zero-order valence-corrected chi connectivity index (χ0v) is 17.0. The molecule has 2 aliphatic heterocycles. The average Bonchev–Trinajstić information content (AvgIpc) is 3.35. The Morgan fingerprint density at radius 3 is 2.69 bits per heavy atom. The van der Waals surface area contributed by atoms with Crippen LogP contribution in [0.25, 0.3) is 0 Å². The number of hydrogen-bond donors (Lipinski definition) is 0. The number of para-hydroxylation sites is 1. The van der Waals surface area contributed by atoms with Gasteiger partial charge in [-0.05, 0) is 38.1 Å². The molecule has 0 radical (unpaired) electrons. The van der Waals surface area contributed by atoms with Crippen LogP contribution in [0.15, 0.2) is 64.1 Å². The fourth-order valence-corrected chi connectivity index (χ4v) is 4.20. The smallest absolute Gasteiger partial charge is 0.215 e. The highest BCUT2D eigenvalue weighted by molar-refractivity contribution is 6.31. The number of hydrogen-bond acceptors (Lipinski definition) is 5. The van der Waals surface area contributed by atoms with Crippen molar-refractivity contribution in [2.75, 3.05) is 6.61 Å². The first-order chi connectivity index (χ1) is 14.2. The van der Waals surface area contributed by atoms with E-state index in [1.54, 1.807) is 0 Å². The molecule has 5 rings (SSSR count). The van der Waals surface area contributed by atoms with Gasteiger partial charge in [-0.1, -0.05) is 41.9 Å². The summed E-state index contributed by atoms with van der Waals surface area (Å²) in [6.07, 6.45) is 0.274. The molecule has 2 aromatic carbocycles. The summed E-state index contributed by atoms with van der Waals surface area (Å²) in [5.74, 6) is 3.15. The second-order valence-corrected chi connectivity index (χ2v) is 7.56. The summed E-state index contributed by atoms with van der Waals surface area (Å²) in [6.45, 7) is 4.47. The molecule has 1 aromatic heterocycles. The van der Waals surface area contributed by atoms with E-state index < -0.39 is 6.23 Å². The molecule has 148 valence electrons. The minimum atomic E-state index is -0.448. The lowest BCUT2D eigenvalue weighted by atomic mass is 9.97. The van der Waals surface area contributed by atoms with Crippen LogP contribution in [0, 0.1) is 6.92 Å². The van der Waals surface area contributed by atoms with Crippen LogP contribution in [0.3, 0.4) is 0 Å². The van der Waals surface area contributed by atoms with Crippen molar-refractivity contribution in [3.05, 3.63) is 82.3 Å². The summed E-state index contributed by atoms with van der Waals surface area (Å²) in [5, 5.41) is 7.54. The van der Waals surface area contributed by atoms with Crippen molar-refractivity contribution in [1.82, 2.24) is 5.01 Å². The molecule has 5 nitrogen and oxygen atoms in total. The van der Waals surface area contributed by atoms with Gasteiger partial charge in [0, 0.05) is 22.6 Å². The van der Waals surface area contributed by atoms with Gasteiger partial charge in [-0.15, -0.1) is 0 Å². The second-order valence-electron chi connectivity index (χ2n) is 7.16. The zero-order valence-electron chi connectivity index (χ0n) is 16.3. The summed E-state index contributed by atoms with van der Waals surface area (Å²) >= 11 is 6.53. The van der Waals surface area contributed by atoms with Gasteiger partial charge < -0.3 is 13.9 Å². The van der Waals surface area contributed by atoms with Gasteiger partial charge in [0.2, 0.25) is 6.23 Å². The Labute approximate surface area is 174 Å². The van der Waals surface area contributed by atoms with Crippen LogP contribution in [0.5, 0.6) is 11.5 Å². The highest BCUT2D eigenvalue weighted by atomic mass is 35.5. The highest BCUT2D eigenvalue weighted by Gasteiger charge is 2.43. The van der Waals surface area contributed by atoms with Gasteiger partial charge in [0.1, 0.15) is 17.2 Å². The molecule has 0 saturated carbocycles. The molecule has 0 bridgehead atoms. The number of furan rings is 1. The number of rotatable bonds is 4. The lowest BCUT2D eigenvalue weighted by Gasteiger charge is -2.39. The van der Waals surface area contributed by atoms with Crippen LogP contribution in [-0.2, 0) is 0 Å². The van der Waals surface area contributed by atoms with Crippen molar-refractivity contribution in [3.63, 3.8) is 0 Å². The Morgan fingerprint density at radius 1 is 1.10 bits per heavy atom. The summed E-state index contributed by atoms with van der Waals surface area (Å²) in [6, 6.07) is 17.7. The van der Waals surface area contributed by atoms with E-state index in [0.29, 0.717) is 11.6 Å². The quantitative estimate of drug-likeness (QED) is 0.540. The maximum atomic E-state index is 6.53. The van der Waals surface area contributed by atoms with Crippen LogP contribution in [0.4, 0.5) is 0 Å². The van der Waals surface area contributed by atoms with E-state index in [9.17, 15) is 0 Å². The number of nitrogens with zero attached hydrogens (tertiary/aromatic N) is 2. The molecule has 29 heavy (non-hydrogen) atoms. The molecule has 6 heteroatoms. The first-order valence-corrected chi connectivity index (χ1v) is 10.1. The Bertz CT molecular complexity index is 1090. The highest BCUT2D eigenvalue weighted by Crippen LogP contribution is 2.51. The molecular weight excluding hydrogens is 388 g/mol. The molecule has 2 aliphatic rings. The van der Waals surface area contributed by atoms with E-state index in [1.165, 1.54) is 0 Å². The molecule has 0 spiro atoms. The van der Waals surface area contributed by atoms with Gasteiger partial charge in [0.05, 0.1) is 12.6 Å². The molecule has 0 amide bonds. The molecular formula is C23H21ClN2O3. The number of aryl methyl sites for hydroxylation is 1. The van der Waals surface area contributed by atoms with Crippen molar-refractivity contribution in [2.24, 2.45) is 5.10 Å². The van der Waals surface area contributed by atoms with E-state index >= 15 is 0 Å². The Morgan fingerprint density at radius 2 is 1.93 bits per heavy atom. The standard InChI is InChI=1S/C23H21ClN2O3/c1-3-27-21-10-6-8-16-19-13-18(20-12-11-14(2)28-20)25-26(19)23(29-22(16)21)15-7-4-5-9-17(15)24/h4-12,19,23H,3,13H2,1-2H3/t19-,23-/m0/s1. The van der Waals surface area contributed by atoms with E-state index in [0.717, 1.165) is 46.3 Å². The molecule has 0 N–H and O–H groups in total. The normalized spacial score (nSPS) is 20.0. The van der Waals surface area contributed by atoms with Crippen LogP contribution in [0.2, 0.25) is 5.02 Å². The van der Waals surface area contributed by atoms with Gasteiger partial charge >= 0.3 is 0 Å². The molecule has 0 unspecified atom stereocenters. The van der Waals surface area contributed by atoms with Gasteiger partial charge in [-0.3, -0.25) is 0 Å². The first-order valence-electron chi connectivity index (χ1n) is 9.75. The van der Waals surface area contributed by atoms with Crippen molar-refractivity contribution < 1.29 is 13.9 Å². The van der Waals surface area contributed by atoms with Gasteiger partial charge in [-0.2, -0.15) is 5.10 Å². The third kappa shape index (κ3) is 3.06. The van der Waals surface area contributed by atoms with Crippen molar-refractivity contribution in [1.29, 1.82) is 0 Å². The first kappa shape index (κ1) is 18.1. The predicted molar refractivity (Wildman–Crippen MR) is 112 cm³/mol. The molecule has 2 atom stereocenters. The van der Waals surface area contributed by atoms with E-state index in [2.05, 4.69) is 6.07 Å². The van der Waals surface area contributed by atoms with Crippen LogP contribution >= 0.6 is 11.6 Å². The maximum Gasteiger partial charge on any atom is 0.215 e. The van der Waals surface area contributed by atoms with Gasteiger partial charge in [0.15, 0.2) is 11.5 Å². The average molecular weight is 409 g/mol. The minimum Gasteiger partial charge on any atom is -0.490 e. The number of fused-ring (bicyclic) bond motifs is 3. The fraction of sp³-hybridized carbons (Fsp3) is 0.261. The largest absolute Gasteiger partial charge is 0.490 e. The number of hydrazone groups is 1. The van der Waals surface area contributed by atoms with Crippen molar-refractivity contribution in [3.8, 4) is 11.5 Å². The summed E-state index contributed by atoms with van der Waals surface area (Å²) in [7, 11) is 0. The molecule has 3 heterocycles. The van der Waals surface area contributed by atoms with Crippen molar-refractivity contribution >= 4 is 17.3 Å².